The molecule has 0 spiro atoms. The van der Waals surface area contributed by atoms with Crippen LogP contribution in [0.3, 0.4) is 0 Å². The van der Waals surface area contributed by atoms with Crippen molar-refractivity contribution in [3.63, 3.8) is 0 Å². The number of aromatic carboxylic acids is 1. The number of hydrogen-bond acceptors (Lipinski definition) is 4. The molecule has 0 saturated carbocycles. The van der Waals surface area contributed by atoms with E-state index in [0.717, 1.165) is 6.07 Å². The minimum atomic E-state index is -1.26. The van der Waals surface area contributed by atoms with Gasteiger partial charge in [-0.15, -0.1) is 0 Å². The summed E-state index contributed by atoms with van der Waals surface area (Å²) in [5.41, 5.74) is -1.01. The second-order valence-electron chi connectivity index (χ2n) is 3.67. The summed E-state index contributed by atoms with van der Waals surface area (Å²) in [7, 11) is 0. The molecule has 112 valence electrons. The number of pyridine rings is 2. The predicted octanol–water partition coefficient (Wildman–Crippen LogP) is 1.25. The number of nitrogens with one attached hydrogen (secondary N) is 2. The number of hydrogen-bond donors (Lipinski definition) is 4. The van der Waals surface area contributed by atoms with Crippen LogP contribution in [0, 0.1) is 0 Å². The van der Waals surface area contributed by atoms with Gasteiger partial charge in [0.1, 0.15) is 15.9 Å². The molecule has 4 N–H and O–H groups in total. The lowest BCUT2D eigenvalue weighted by molar-refractivity contribution is 0.0695. The highest BCUT2D eigenvalue weighted by Crippen LogP contribution is 2.00. The molecule has 0 unspecified atom stereocenters. The molecular formula is C12H10Cl2N2O5. The van der Waals surface area contributed by atoms with E-state index in [-0.39, 0.29) is 28.0 Å². The largest absolute Gasteiger partial charge is 0.477 e. The maximum atomic E-state index is 10.8. The SMILES string of the molecule is O=C(O)c1ccc(Cl)[nH]c1=O.O=c1[nH]c(Cl)ccc1CO. The lowest BCUT2D eigenvalue weighted by atomic mass is 10.3. The van der Waals surface area contributed by atoms with Gasteiger partial charge in [0.2, 0.25) is 0 Å². The fraction of sp³-hybridized carbons (Fsp3) is 0.0833. The fourth-order valence-corrected chi connectivity index (χ4v) is 1.52. The van der Waals surface area contributed by atoms with Gasteiger partial charge in [-0.3, -0.25) is 9.59 Å². The van der Waals surface area contributed by atoms with Crippen LogP contribution in [0.4, 0.5) is 0 Å². The average Bonchev–Trinajstić information content (AvgIpc) is 2.39. The zero-order valence-corrected chi connectivity index (χ0v) is 11.9. The first-order chi connectivity index (χ1) is 9.85. The number of aromatic amines is 2. The van der Waals surface area contributed by atoms with Crippen molar-refractivity contribution < 1.29 is 15.0 Å². The number of aromatic nitrogens is 2. The first-order valence-corrected chi connectivity index (χ1v) is 6.21. The molecule has 2 aromatic rings. The van der Waals surface area contributed by atoms with Gasteiger partial charge in [-0.1, -0.05) is 23.2 Å². The van der Waals surface area contributed by atoms with Gasteiger partial charge >= 0.3 is 5.97 Å². The molecule has 0 aliphatic heterocycles. The summed E-state index contributed by atoms with van der Waals surface area (Å²) in [6.07, 6.45) is 0. The first kappa shape index (κ1) is 17.0. The highest BCUT2D eigenvalue weighted by molar-refractivity contribution is 6.29. The Balaban J connectivity index is 0.000000211. The average molecular weight is 333 g/mol. The van der Waals surface area contributed by atoms with E-state index >= 15 is 0 Å². The molecule has 0 fully saturated rings. The van der Waals surface area contributed by atoms with Gasteiger partial charge in [-0.25, -0.2) is 4.79 Å². The van der Waals surface area contributed by atoms with Crippen molar-refractivity contribution in [2.45, 2.75) is 6.61 Å². The van der Waals surface area contributed by atoms with E-state index in [1.807, 2.05) is 0 Å². The molecule has 7 nitrogen and oxygen atoms in total. The Morgan fingerprint density at radius 2 is 1.52 bits per heavy atom. The van der Waals surface area contributed by atoms with E-state index in [2.05, 4.69) is 9.97 Å². The van der Waals surface area contributed by atoms with Crippen LogP contribution in [0.2, 0.25) is 10.3 Å². The van der Waals surface area contributed by atoms with E-state index < -0.39 is 11.5 Å². The molecule has 9 heteroatoms. The van der Waals surface area contributed by atoms with E-state index in [4.69, 9.17) is 33.4 Å². The van der Waals surface area contributed by atoms with Crippen molar-refractivity contribution in [2.75, 3.05) is 0 Å². The van der Waals surface area contributed by atoms with Gasteiger partial charge in [-0.2, -0.15) is 0 Å². The van der Waals surface area contributed by atoms with Gasteiger partial charge in [0.15, 0.2) is 0 Å². The first-order valence-electron chi connectivity index (χ1n) is 5.46. The second-order valence-corrected chi connectivity index (χ2v) is 4.49. The van der Waals surface area contributed by atoms with E-state index in [1.165, 1.54) is 18.2 Å². The normalized spacial score (nSPS) is 9.67. The van der Waals surface area contributed by atoms with Crippen molar-refractivity contribution in [2.24, 2.45) is 0 Å². The number of carbonyl (C=O) groups is 1. The van der Waals surface area contributed by atoms with E-state index in [0.29, 0.717) is 5.56 Å². The third kappa shape index (κ3) is 5.07. The van der Waals surface area contributed by atoms with Crippen LogP contribution in [0.1, 0.15) is 15.9 Å². The molecule has 21 heavy (non-hydrogen) atoms. The Hall–Kier alpha value is -2.09. The van der Waals surface area contributed by atoms with E-state index in [9.17, 15) is 14.4 Å². The summed E-state index contributed by atoms with van der Waals surface area (Å²) >= 11 is 10.8. The van der Waals surface area contributed by atoms with Crippen LogP contribution >= 0.6 is 23.2 Å². The van der Waals surface area contributed by atoms with Crippen molar-refractivity contribution in [1.82, 2.24) is 9.97 Å². The smallest absolute Gasteiger partial charge is 0.341 e. The van der Waals surface area contributed by atoms with Crippen molar-refractivity contribution >= 4 is 29.2 Å². The number of aliphatic hydroxyl groups excluding tert-OH is 1. The van der Waals surface area contributed by atoms with Crippen molar-refractivity contribution in [3.8, 4) is 0 Å². The standard InChI is InChI=1S/C6H4ClNO3.C6H6ClNO2/c7-4-2-1-3(6(10)11)5(9)8-4;7-5-2-1-4(3-9)6(10)8-5/h1-2H,(H,8,9)(H,10,11);1-2,9H,3H2,(H,8,10). The molecule has 0 aliphatic rings. The van der Waals surface area contributed by atoms with Gasteiger partial charge in [-0.05, 0) is 24.3 Å². The number of carboxylic acid groups (broad SMARTS) is 1. The molecule has 2 rings (SSSR count). The predicted molar refractivity (Wildman–Crippen MR) is 77.0 cm³/mol. The maximum Gasteiger partial charge on any atom is 0.341 e. The van der Waals surface area contributed by atoms with Gasteiger partial charge < -0.3 is 20.2 Å². The van der Waals surface area contributed by atoms with Gasteiger partial charge in [0, 0.05) is 5.56 Å². The van der Waals surface area contributed by atoms with Crippen LogP contribution in [-0.4, -0.2) is 26.2 Å². The molecule has 0 atom stereocenters. The molecule has 0 bridgehead atoms. The second kappa shape index (κ2) is 7.63. The molecule has 0 aromatic carbocycles. The fourth-order valence-electron chi connectivity index (χ4n) is 1.22. The Morgan fingerprint density at radius 1 is 1.00 bits per heavy atom. The zero-order chi connectivity index (χ0) is 16.0. The minimum Gasteiger partial charge on any atom is -0.477 e. The lowest BCUT2D eigenvalue weighted by Gasteiger charge is -1.92. The maximum absolute atomic E-state index is 10.8. The number of halogens is 2. The molecule has 0 amide bonds. The number of rotatable bonds is 2. The monoisotopic (exact) mass is 332 g/mol. The summed E-state index contributed by atoms with van der Waals surface area (Å²) in [5, 5.41) is 17.3. The Bertz CT molecular complexity index is 754. The van der Waals surface area contributed by atoms with Crippen molar-refractivity contribution in [1.29, 1.82) is 0 Å². The summed E-state index contributed by atoms with van der Waals surface area (Å²) in [5.74, 6) is -1.26. The highest BCUT2D eigenvalue weighted by Gasteiger charge is 2.06. The molecule has 0 saturated heterocycles. The zero-order valence-electron chi connectivity index (χ0n) is 10.4. The lowest BCUT2D eigenvalue weighted by Crippen LogP contribution is -2.16. The summed E-state index contributed by atoms with van der Waals surface area (Å²) < 4.78 is 0. The number of H-pyrrole nitrogens is 2. The number of aliphatic hydroxyl groups is 1. The van der Waals surface area contributed by atoms with Crippen LogP contribution < -0.4 is 11.1 Å². The number of carboxylic acids is 1. The third-order valence-electron chi connectivity index (χ3n) is 2.23. The van der Waals surface area contributed by atoms with Crippen LogP contribution in [0.5, 0.6) is 0 Å². The minimum absolute atomic E-state index is 0.125. The van der Waals surface area contributed by atoms with Crippen molar-refractivity contribution in [3.05, 3.63) is 66.4 Å². The summed E-state index contributed by atoms with van der Waals surface area (Å²) in [6, 6.07) is 5.48. The quantitative estimate of drug-likeness (QED) is 0.616. The van der Waals surface area contributed by atoms with Crippen LogP contribution in [0.25, 0.3) is 0 Å². The van der Waals surface area contributed by atoms with E-state index in [1.54, 1.807) is 0 Å². The third-order valence-corrected chi connectivity index (χ3v) is 2.67. The topological polar surface area (TPSA) is 123 Å². The molecule has 0 aliphatic carbocycles. The molecule has 2 aromatic heterocycles. The van der Waals surface area contributed by atoms with Crippen LogP contribution in [-0.2, 0) is 6.61 Å². The van der Waals surface area contributed by atoms with Gasteiger partial charge in [0.25, 0.3) is 11.1 Å². The highest BCUT2D eigenvalue weighted by atomic mass is 35.5. The molecule has 0 radical (unpaired) electrons. The Kier molecular flexibility index (Phi) is 6.16. The summed E-state index contributed by atoms with van der Waals surface area (Å²) in [6.45, 7) is -0.257. The summed E-state index contributed by atoms with van der Waals surface area (Å²) in [4.78, 5) is 36.3. The Morgan fingerprint density at radius 3 is 1.95 bits per heavy atom. The molecule has 2 heterocycles. The van der Waals surface area contributed by atoms with Crippen LogP contribution in [0.15, 0.2) is 33.9 Å². The Labute approximate surface area is 127 Å². The van der Waals surface area contributed by atoms with Gasteiger partial charge in [0.05, 0.1) is 6.61 Å². The molecular weight excluding hydrogens is 323 g/mol.